The van der Waals surface area contributed by atoms with Crippen molar-refractivity contribution in [2.75, 3.05) is 31.6 Å². The highest BCUT2D eigenvalue weighted by Crippen LogP contribution is 2.34. The van der Waals surface area contributed by atoms with Crippen LogP contribution in [0.5, 0.6) is 0 Å². The summed E-state index contributed by atoms with van der Waals surface area (Å²) >= 11 is 0. The Labute approximate surface area is 133 Å². The van der Waals surface area contributed by atoms with Gasteiger partial charge in [-0.3, -0.25) is 9.69 Å². The summed E-state index contributed by atoms with van der Waals surface area (Å²) in [6.45, 7) is 8.67. The molecule has 0 spiro atoms. The first-order chi connectivity index (χ1) is 10.5. The second-order valence-corrected chi connectivity index (χ2v) is 6.58. The van der Waals surface area contributed by atoms with E-state index in [4.69, 9.17) is 0 Å². The highest BCUT2D eigenvalue weighted by atomic mass is 16.3. The average molecular weight is 304 g/mol. The number of nitrogens with one attached hydrogen (secondary N) is 1. The molecule has 0 saturated carbocycles. The Balaban J connectivity index is 1.87. The molecule has 1 heterocycles. The van der Waals surface area contributed by atoms with Gasteiger partial charge in [0.15, 0.2) is 0 Å². The second kappa shape index (κ2) is 7.25. The monoisotopic (exact) mass is 304 g/mol. The number of likely N-dealkylation sites (tertiary alicyclic amines) is 1. The molecular formula is C18H28N2O2. The van der Waals surface area contributed by atoms with Crippen molar-refractivity contribution in [1.82, 2.24) is 4.90 Å². The molecule has 122 valence electrons. The molecular weight excluding hydrogens is 276 g/mol. The number of piperidine rings is 1. The van der Waals surface area contributed by atoms with Gasteiger partial charge in [0.05, 0.1) is 6.54 Å². The Bertz CT molecular complexity index is 514. The SMILES string of the molecule is CCC1(CO)CCN(CC(=O)Nc2cccc(C)c2C)CC1. The lowest BCUT2D eigenvalue weighted by Crippen LogP contribution is -2.44. The first kappa shape index (κ1) is 17.0. The van der Waals surface area contributed by atoms with E-state index in [2.05, 4.69) is 30.1 Å². The third kappa shape index (κ3) is 3.87. The van der Waals surface area contributed by atoms with E-state index in [1.165, 1.54) is 5.56 Å². The Morgan fingerprint density at radius 1 is 1.32 bits per heavy atom. The summed E-state index contributed by atoms with van der Waals surface area (Å²) in [5.74, 6) is 0.0432. The highest BCUT2D eigenvalue weighted by Gasteiger charge is 2.32. The zero-order valence-corrected chi connectivity index (χ0v) is 14.0. The number of anilines is 1. The van der Waals surface area contributed by atoms with E-state index in [9.17, 15) is 9.90 Å². The molecule has 1 aliphatic rings. The minimum Gasteiger partial charge on any atom is -0.396 e. The van der Waals surface area contributed by atoms with Gasteiger partial charge in [-0.15, -0.1) is 0 Å². The van der Waals surface area contributed by atoms with Crippen LogP contribution < -0.4 is 5.32 Å². The number of aliphatic hydroxyl groups excluding tert-OH is 1. The first-order valence-electron chi connectivity index (χ1n) is 8.19. The number of hydrogen-bond donors (Lipinski definition) is 2. The summed E-state index contributed by atoms with van der Waals surface area (Å²) in [7, 11) is 0. The predicted octanol–water partition coefficient (Wildman–Crippen LogP) is 2.73. The molecule has 0 unspecified atom stereocenters. The lowest BCUT2D eigenvalue weighted by Gasteiger charge is -2.39. The molecule has 0 aliphatic carbocycles. The summed E-state index contributed by atoms with van der Waals surface area (Å²) in [6.07, 6.45) is 2.94. The minimum atomic E-state index is 0.0432. The van der Waals surface area contributed by atoms with Crippen molar-refractivity contribution < 1.29 is 9.90 Å². The van der Waals surface area contributed by atoms with Crippen LogP contribution in [0.1, 0.15) is 37.3 Å². The van der Waals surface area contributed by atoms with Crippen LogP contribution in [0, 0.1) is 19.3 Å². The van der Waals surface area contributed by atoms with Crippen molar-refractivity contribution in [3.63, 3.8) is 0 Å². The van der Waals surface area contributed by atoms with Gasteiger partial charge in [0, 0.05) is 12.3 Å². The van der Waals surface area contributed by atoms with Crippen molar-refractivity contribution in [3.05, 3.63) is 29.3 Å². The number of nitrogens with zero attached hydrogens (tertiary/aromatic N) is 1. The van der Waals surface area contributed by atoms with E-state index in [-0.39, 0.29) is 17.9 Å². The normalized spacial score (nSPS) is 18.2. The molecule has 1 aromatic carbocycles. The maximum atomic E-state index is 12.2. The predicted molar refractivity (Wildman–Crippen MR) is 90.0 cm³/mol. The van der Waals surface area contributed by atoms with Gasteiger partial charge in [0.2, 0.25) is 5.91 Å². The average Bonchev–Trinajstić information content (AvgIpc) is 2.53. The van der Waals surface area contributed by atoms with Crippen LogP contribution in [0.4, 0.5) is 5.69 Å². The lowest BCUT2D eigenvalue weighted by atomic mass is 9.77. The van der Waals surface area contributed by atoms with Gasteiger partial charge in [-0.05, 0) is 68.8 Å². The van der Waals surface area contributed by atoms with E-state index < -0.39 is 0 Å². The lowest BCUT2D eigenvalue weighted by molar-refractivity contribution is -0.118. The van der Waals surface area contributed by atoms with Crippen LogP contribution in [-0.2, 0) is 4.79 Å². The van der Waals surface area contributed by atoms with Crippen molar-refractivity contribution in [3.8, 4) is 0 Å². The maximum absolute atomic E-state index is 12.2. The van der Waals surface area contributed by atoms with E-state index in [0.717, 1.165) is 43.6 Å². The third-order valence-corrected chi connectivity index (χ3v) is 5.25. The van der Waals surface area contributed by atoms with Gasteiger partial charge in [-0.2, -0.15) is 0 Å². The van der Waals surface area contributed by atoms with Gasteiger partial charge in [0.1, 0.15) is 0 Å². The maximum Gasteiger partial charge on any atom is 0.238 e. The van der Waals surface area contributed by atoms with Crippen LogP contribution in [0.3, 0.4) is 0 Å². The number of aryl methyl sites for hydroxylation is 1. The van der Waals surface area contributed by atoms with E-state index in [1.54, 1.807) is 0 Å². The molecule has 0 radical (unpaired) electrons. The zero-order chi connectivity index (χ0) is 16.2. The number of aliphatic hydroxyl groups is 1. The fourth-order valence-electron chi connectivity index (χ4n) is 3.09. The topological polar surface area (TPSA) is 52.6 Å². The molecule has 1 fully saturated rings. The summed E-state index contributed by atoms with van der Waals surface area (Å²) in [5, 5.41) is 12.6. The largest absolute Gasteiger partial charge is 0.396 e. The van der Waals surface area contributed by atoms with Crippen LogP contribution in [-0.4, -0.2) is 42.2 Å². The molecule has 0 bridgehead atoms. The Morgan fingerprint density at radius 2 is 2.00 bits per heavy atom. The van der Waals surface area contributed by atoms with Crippen LogP contribution in [0.2, 0.25) is 0 Å². The number of hydrogen-bond acceptors (Lipinski definition) is 3. The Kier molecular flexibility index (Phi) is 5.59. The van der Waals surface area contributed by atoms with Crippen molar-refractivity contribution in [1.29, 1.82) is 0 Å². The number of carbonyl (C=O) groups is 1. The molecule has 22 heavy (non-hydrogen) atoms. The van der Waals surface area contributed by atoms with Crippen molar-refractivity contribution in [2.24, 2.45) is 5.41 Å². The van der Waals surface area contributed by atoms with Gasteiger partial charge >= 0.3 is 0 Å². The van der Waals surface area contributed by atoms with E-state index in [1.807, 2.05) is 19.1 Å². The Hall–Kier alpha value is -1.39. The molecule has 4 nitrogen and oxygen atoms in total. The minimum absolute atomic E-state index is 0.0432. The number of carbonyl (C=O) groups excluding carboxylic acids is 1. The molecule has 4 heteroatoms. The van der Waals surface area contributed by atoms with Crippen LogP contribution in [0.15, 0.2) is 18.2 Å². The summed E-state index contributed by atoms with van der Waals surface area (Å²) < 4.78 is 0. The molecule has 1 aliphatic heterocycles. The van der Waals surface area contributed by atoms with Crippen molar-refractivity contribution >= 4 is 11.6 Å². The zero-order valence-electron chi connectivity index (χ0n) is 14.0. The molecule has 0 aromatic heterocycles. The Morgan fingerprint density at radius 3 is 2.59 bits per heavy atom. The smallest absolute Gasteiger partial charge is 0.238 e. The quantitative estimate of drug-likeness (QED) is 0.879. The van der Waals surface area contributed by atoms with Gasteiger partial charge < -0.3 is 10.4 Å². The van der Waals surface area contributed by atoms with Crippen LogP contribution in [0.25, 0.3) is 0 Å². The fraction of sp³-hybridized carbons (Fsp3) is 0.611. The number of rotatable bonds is 5. The molecule has 2 rings (SSSR count). The molecule has 1 aromatic rings. The molecule has 0 atom stereocenters. The standard InChI is InChI=1S/C18H28N2O2/c1-4-18(13-21)8-10-20(11-9-18)12-17(22)19-16-7-5-6-14(2)15(16)3/h5-7,21H,4,8-13H2,1-3H3,(H,19,22). The molecule has 1 amide bonds. The van der Waals surface area contributed by atoms with Gasteiger partial charge in [-0.25, -0.2) is 0 Å². The summed E-state index contributed by atoms with van der Waals surface area (Å²) in [6, 6.07) is 5.97. The van der Waals surface area contributed by atoms with Gasteiger partial charge in [-0.1, -0.05) is 19.1 Å². The highest BCUT2D eigenvalue weighted by molar-refractivity contribution is 5.93. The van der Waals surface area contributed by atoms with E-state index in [0.29, 0.717) is 6.54 Å². The second-order valence-electron chi connectivity index (χ2n) is 6.58. The molecule has 2 N–H and O–H groups in total. The summed E-state index contributed by atoms with van der Waals surface area (Å²) in [4.78, 5) is 14.4. The van der Waals surface area contributed by atoms with Crippen molar-refractivity contribution in [2.45, 2.75) is 40.0 Å². The first-order valence-corrected chi connectivity index (χ1v) is 8.19. The van der Waals surface area contributed by atoms with Crippen LogP contribution >= 0.6 is 0 Å². The fourth-order valence-corrected chi connectivity index (χ4v) is 3.09. The number of amides is 1. The summed E-state index contributed by atoms with van der Waals surface area (Å²) in [5.41, 5.74) is 3.28. The van der Waals surface area contributed by atoms with Gasteiger partial charge in [0.25, 0.3) is 0 Å². The third-order valence-electron chi connectivity index (χ3n) is 5.25. The number of benzene rings is 1. The van der Waals surface area contributed by atoms with E-state index >= 15 is 0 Å². The molecule has 1 saturated heterocycles.